The Morgan fingerprint density at radius 1 is 1.31 bits per heavy atom. The number of allylic oxidation sites excluding steroid dienone is 1. The molecule has 1 heterocycles. The van der Waals surface area contributed by atoms with Crippen molar-refractivity contribution in [2.75, 3.05) is 5.75 Å². The van der Waals surface area contributed by atoms with Gasteiger partial charge in [-0.05, 0) is 31.0 Å². The number of hydrogen-bond acceptors (Lipinski definition) is 4. The molecule has 1 aromatic carbocycles. The van der Waals surface area contributed by atoms with Gasteiger partial charge in [-0.3, -0.25) is 9.36 Å². The Morgan fingerprint density at radius 3 is 2.77 bits per heavy atom. The molecule has 1 aliphatic rings. The monoisotopic (exact) mass is 410 g/mol. The second-order valence-electron chi connectivity index (χ2n) is 6.17. The molecule has 0 radical (unpaired) electrons. The molecule has 1 N–H and O–H groups in total. The van der Waals surface area contributed by atoms with Crippen molar-refractivity contribution in [2.45, 2.75) is 43.4 Å². The molecule has 2 aromatic rings. The van der Waals surface area contributed by atoms with Gasteiger partial charge in [-0.2, -0.15) is 0 Å². The van der Waals surface area contributed by atoms with E-state index in [1.165, 1.54) is 24.6 Å². The highest BCUT2D eigenvalue weighted by molar-refractivity contribution is 7.99. The van der Waals surface area contributed by atoms with Crippen LogP contribution in [0.5, 0.6) is 0 Å². The van der Waals surface area contributed by atoms with E-state index in [1.807, 2.05) is 10.6 Å². The van der Waals surface area contributed by atoms with Crippen LogP contribution >= 0.6 is 35.0 Å². The van der Waals surface area contributed by atoms with Crippen LogP contribution in [0.2, 0.25) is 10.0 Å². The van der Waals surface area contributed by atoms with Gasteiger partial charge in [-0.25, -0.2) is 0 Å². The highest BCUT2D eigenvalue weighted by Crippen LogP contribution is 2.29. The number of nitrogens with one attached hydrogen (secondary N) is 1. The molecule has 0 saturated heterocycles. The fourth-order valence-corrected chi connectivity index (χ4v) is 4.06. The van der Waals surface area contributed by atoms with Crippen LogP contribution in [0.4, 0.5) is 0 Å². The van der Waals surface area contributed by atoms with Gasteiger partial charge in [-0.15, -0.1) is 16.8 Å². The number of aromatic nitrogens is 3. The Bertz CT molecular complexity index is 802. The number of hydrogen-bond donors (Lipinski definition) is 1. The molecule has 26 heavy (non-hydrogen) atoms. The van der Waals surface area contributed by atoms with Gasteiger partial charge in [0.1, 0.15) is 0 Å². The minimum Gasteiger partial charge on any atom is -0.353 e. The van der Waals surface area contributed by atoms with E-state index in [0.29, 0.717) is 39.4 Å². The lowest BCUT2D eigenvalue weighted by molar-refractivity contribution is -0.119. The molecule has 1 saturated carbocycles. The number of carbonyl (C=O) groups excluding carboxylic acids is 1. The van der Waals surface area contributed by atoms with Gasteiger partial charge in [0.2, 0.25) is 5.91 Å². The van der Waals surface area contributed by atoms with Gasteiger partial charge in [-0.1, -0.05) is 53.9 Å². The fraction of sp³-hybridized carbons (Fsp3) is 0.389. The predicted octanol–water partition coefficient (Wildman–Crippen LogP) is 4.59. The number of rotatable bonds is 7. The third-order valence-electron chi connectivity index (χ3n) is 4.26. The van der Waals surface area contributed by atoms with Crippen LogP contribution in [0.3, 0.4) is 0 Å². The lowest BCUT2D eigenvalue weighted by Crippen LogP contribution is -2.33. The van der Waals surface area contributed by atoms with E-state index >= 15 is 0 Å². The molecule has 0 spiro atoms. The van der Waals surface area contributed by atoms with Gasteiger partial charge >= 0.3 is 0 Å². The van der Waals surface area contributed by atoms with Gasteiger partial charge in [0.05, 0.1) is 15.8 Å². The summed E-state index contributed by atoms with van der Waals surface area (Å²) in [6.45, 7) is 4.33. The summed E-state index contributed by atoms with van der Waals surface area (Å²) in [4.78, 5) is 12.2. The van der Waals surface area contributed by atoms with Crippen LogP contribution in [0.15, 0.2) is 36.0 Å². The molecule has 0 aliphatic heterocycles. The van der Waals surface area contributed by atoms with E-state index < -0.39 is 0 Å². The Balaban J connectivity index is 1.73. The van der Waals surface area contributed by atoms with E-state index in [-0.39, 0.29) is 5.91 Å². The van der Waals surface area contributed by atoms with Crippen LogP contribution < -0.4 is 5.32 Å². The SMILES string of the molecule is C=CCn1c(SCC(=O)NC2CCCC2)nnc1-c1ccc(Cl)c(Cl)c1. The number of halogens is 2. The Morgan fingerprint density at radius 2 is 2.08 bits per heavy atom. The zero-order chi connectivity index (χ0) is 18.5. The van der Waals surface area contributed by atoms with Crippen molar-refractivity contribution in [1.82, 2.24) is 20.1 Å². The molecule has 138 valence electrons. The molecule has 1 aliphatic carbocycles. The number of amides is 1. The summed E-state index contributed by atoms with van der Waals surface area (Å²) in [5.41, 5.74) is 0.816. The van der Waals surface area contributed by atoms with E-state index in [2.05, 4.69) is 22.1 Å². The first-order chi connectivity index (χ1) is 12.6. The standard InChI is InChI=1S/C18H20Cl2N4OS/c1-2-9-24-17(12-7-8-14(19)15(20)10-12)22-23-18(24)26-11-16(25)21-13-5-3-4-6-13/h2,7-8,10,13H,1,3-6,9,11H2,(H,21,25). The highest BCUT2D eigenvalue weighted by atomic mass is 35.5. The number of nitrogens with zero attached hydrogens (tertiary/aromatic N) is 3. The van der Waals surface area contributed by atoms with Gasteiger partial charge in [0.15, 0.2) is 11.0 Å². The molecule has 1 amide bonds. The topological polar surface area (TPSA) is 59.8 Å². The molecule has 8 heteroatoms. The average molecular weight is 411 g/mol. The summed E-state index contributed by atoms with van der Waals surface area (Å²) in [7, 11) is 0. The number of carbonyl (C=O) groups is 1. The Hall–Kier alpha value is -1.50. The third kappa shape index (κ3) is 4.61. The van der Waals surface area contributed by atoms with Gasteiger partial charge in [0.25, 0.3) is 0 Å². The summed E-state index contributed by atoms with van der Waals surface area (Å²) in [6, 6.07) is 5.66. The quantitative estimate of drug-likeness (QED) is 0.535. The maximum atomic E-state index is 12.2. The molecule has 0 unspecified atom stereocenters. The van der Waals surface area contributed by atoms with Crippen molar-refractivity contribution in [2.24, 2.45) is 0 Å². The molecule has 1 fully saturated rings. The maximum absolute atomic E-state index is 12.2. The smallest absolute Gasteiger partial charge is 0.230 e. The first-order valence-corrected chi connectivity index (χ1v) is 10.2. The molecule has 1 aromatic heterocycles. The summed E-state index contributed by atoms with van der Waals surface area (Å²) in [5.74, 6) is 1.01. The number of benzene rings is 1. The van der Waals surface area contributed by atoms with Crippen LogP contribution in [0.25, 0.3) is 11.4 Å². The van der Waals surface area contributed by atoms with Gasteiger partial charge in [0, 0.05) is 18.2 Å². The average Bonchev–Trinajstić information content (AvgIpc) is 3.26. The largest absolute Gasteiger partial charge is 0.353 e. The van der Waals surface area contributed by atoms with E-state index in [1.54, 1.807) is 18.2 Å². The van der Waals surface area contributed by atoms with Crippen LogP contribution in [0, 0.1) is 0 Å². The molecule has 0 atom stereocenters. The van der Waals surface area contributed by atoms with E-state index in [4.69, 9.17) is 23.2 Å². The molecule has 5 nitrogen and oxygen atoms in total. The Labute approximate surface area is 167 Å². The number of thioether (sulfide) groups is 1. The Kier molecular flexibility index (Phi) is 6.62. The summed E-state index contributed by atoms with van der Waals surface area (Å²) in [6.07, 6.45) is 6.31. The zero-order valence-corrected chi connectivity index (χ0v) is 16.6. The van der Waals surface area contributed by atoms with Crippen LogP contribution in [-0.2, 0) is 11.3 Å². The normalized spacial score (nSPS) is 14.5. The zero-order valence-electron chi connectivity index (χ0n) is 14.3. The van der Waals surface area contributed by atoms with Crippen molar-refractivity contribution in [1.29, 1.82) is 0 Å². The van der Waals surface area contributed by atoms with Crippen LogP contribution in [-0.4, -0.2) is 32.5 Å². The fourth-order valence-electron chi connectivity index (χ4n) is 3.01. The minimum atomic E-state index is 0.0335. The van der Waals surface area contributed by atoms with Crippen molar-refractivity contribution in [3.63, 3.8) is 0 Å². The second-order valence-corrected chi connectivity index (χ2v) is 7.93. The highest BCUT2D eigenvalue weighted by Gasteiger charge is 2.19. The molecule has 3 rings (SSSR count). The van der Waals surface area contributed by atoms with E-state index in [9.17, 15) is 4.79 Å². The van der Waals surface area contributed by atoms with Crippen molar-refractivity contribution >= 4 is 40.9 Å². The van der Waals surface area contributed by atoms with E-state index in [0.717, 1.165) is 18.4 Å². The molecular formula is C18H20Cl2N4OS. The van der Waals surface area contributed by atoms with Crippen molar-refractivity contribution < 1.29 is 4.79 Å². The predicted molar refractivity (Wildman–Crippen MR) is 107 cm³/mol. The third-order valence-corrected chi connectivity index (χ3v) is 5.96. The van der Waals surface area contributed by atoms with Crippen molar-refractivity contribution in [3.8, 4) is 11.4 Å². The lowest BCUT2D eigenvalue weighted by atomic mass is 10.2. The first kappa shape index (κ1) is 19.3. The second kappa shape index (κ2) is 8.93. The maximum Gasteiger partial charge on any atom is 0.230 e. The first-order valence-electron chi connectivity index (χ1n) is 8.50. The molecular weight excluding hydrogens is 391 g/mol. The summed E-state index contributed by atoms with van der Waals surface area (Å²) in [5, 5.41) is 13.2. The lowest BCUT2D eigenvalue weighted by Gasteiger charge is -2.12. The summed E-state index contributed by atoms with van der Waals surface area (Å²) >= 11 is 13.5. The summed E-state index contributed by atoms with van der Waals surface area (Å²) < 4.78 is 1.92. The minimum absolute atomic E-state index is 0.0335. The van der Waals surface area contributed by atoms with Crippen molar-refractivity contribution in [3.05, 3.63) is 40.9 Å². The van der Waals surface area contributed by atoms with Crippen LogP contribution in [0.1, 0.15) is 25.7 Å². The van der Waals surface area contributed by atoms with Gasteiger partial charge < -0.3 is 5.32 Å². The molecule has 0 bridgehead atoms.